The van der Waals surface area contributed by atoms with E-state index in [1.807, 2.05) is 0 Å². The number of hydrogen-bond acceptors (Lipinski definition) is 6. The SMILES string of the molecule is CN(C)C(=O)[C@H]1CC[C@H](C(=O)Nc2c(C(=O)Nc3ccc(Cl)cn3)oc3ccc(C(=O)O)cc23)CC1. The number of carbonyl (C=O) groups excluding carboxylic acids is 3. The molecule has 1 saturated carbocycles. The quantitative estimate of drug-likeness (QED) is 0.447. The summed E-state index contributed by atoms with van der Waals surface area (Å²) in [4.78, 5) is 55.6. The Bertz CT molecular complexity index is 1330. The van der Waals surface area contributed by atoms with Crippen LogP contribution in [-0.2, 0) is 9.59 Å². The fourth-order valence-electron chi connectivity index (χ4n) is 4.33. The lowest BCUT2D eigenvalue weighted by atomic mass is 9.81. The zero-order chi connectivity index (χ0) is 26.0. The molecule has 1 aromatic carbocycles. The topological polar surface area (TPSA) is 142 Å². The monoisotopic (exact) mass is 512 g/mol. The van der Waals surface area contributed by atoms with Crippen LogP contribution < -0.4 is 10.6 Å². The van der Waals surface area contributed by atoms with Gasteiger partial charge in [-0.1, -0.05) is 11.6 Å². The molecule has 4 rings (SSSR count). The molecule has 0 saturated heterocycles. The summed E-state index contributed by atoms with van der Waals surface area (Å²) < 4.78 is 5.73. The number of hydrogen-bond donors (Lipinski definition) is 3. The number of benzene rings is 1. The Kier molecular flexibility index (Phi) is 7.25. The van der Waals surface area contributed by atoms with Crippen molar-refractivity contribution in [2.45, 2.75) is 25.7 Å². The van der Waals surface area contributed by atoms with Gasteiger partial charge < -0.3 is 25.1 Å². The number of halogens is 1. The number of pyridine rings is 1. The van der Waals surface area contributed by atoms with Crippen LogP contribution in [0, 0.1) is 11.8 Å². The summed E-state index contributed by atoms with van der Waals surface area (Å²) in [6, 6.07) is 7.20. The molecule has 0 bridgehead atoms. The number of carbonyl (C=O) groups is 4. The Balaban J connectivity index is 1.60. The molecule has 1 fully saturated rings. The van der Waals surface area contributed by atoms with Crippen molar-refractivity contribution in [1.29, 1.82) is 0 Å². The largest absolute Gasteiger partial charge is 0.478 e. The van der Waals surface area contributed by atoms with Gasteiger partial charge in [-0.2, -0.15) is 0 Å². The van der Waals surface area contributed by atoms with E-state index in [1.165, 1.54) is 30.5 Å². The maximum atomic E-state index is 13.2. The van der Waals surface area contributed by atoms with Gasteiger partial charge in [0.25, 0.3) is 5.91 Å². The van der Waals surface area contributed by atoms with E-state index in [4.69, 9.17) is 16.0 Å². The molecule has 0 radical (unpaired) electrons. The summed E-state index contributed by atoms with van der Waals surface area (Å²) in [6.07, 6.45) is 3.57. The minimum atomic E-state index is -1.16. The van der Waals surface area contributed by atoms with Crippen LogP contribution >= 0.6 is 11.6 Å². The van der Waals surface area contributed by atoms with Crippen LogP contribution in [0.15, 0.2) is 40.9 Å². The maximum Gasteiger partial charge on any atom is 0.335 e. The number of anilines is 2. The predicted octanol–water partition coefficient (Wildman–Crippen LogP) is 4.26. The zero-order valence-corrected chi connectivity index (χ0v) is 20.5. The molecule has 0 spiro atoms. The first kappa shape index (κ1) is 25.2. The number of carboxylic acids is 1. The van der Waals surface area contributed by atoms with E-state index in [0.717, 1.165) is 0 Å². The van der Waals surface area contributed by atoms with Gasteiger partial charge in [0.2, 0.25) is 17.6 Å². The van der Waals surface area contributed by atoms with Crippen molar-refractivity contribution in [1.82, 2.24) is 9.88 Å². The van der Waals surface area contributed by atoms with Gasteiger partial charge in [-0.3, -0.25) is 14.4 Å². The zero-order valence-electron chi connectivity index (χ0n) is 19.7. The summed E-state index contributed by atoms with van der Waals surface area (Å²) in [5.74, 6) is -2.56. The molecule has 10 nitrogen and oxygen atoms in total. The minimum absolute atomic E-state index is 0.0205. The Morgan fingerprint density at radius 1 is 1.03 bits per heavy atom. The van der Waals surface area contributed by atoms with Crippen molar-refractivity contribution in [3.05, 3.63) is 52.9 Å². The number of nitrogens with one attached hydrogen (secondary N) is 2. The molecule has 1 aliphatic rings. The van der Waals surface area contributed by atoms with Crippen LogP contribution in [0.4, 0.5) is 11.5 Å². The number of carboxylic acid groups (broad SMARTS) is 1. The summed E-state index contributed by atoms with van der Waals surface area (Å²) in [5, 5.41) is 15.5. The van der Waals surface area contributed by atoms with Crippen LogP contribution in [0.5, 0.6) is 0 Å². The third-order valence-electron chi connectivity index (χ3n) is 6.25. The summed E-state index contributed by atoms with van der Waals surface area (Å²) in [7, 11) is 3.42. The highest BCUT2D eigenvalue weighted by molar-refractivity contribution is 6.30. The highest BCUT2D eigenvalue weighted by Crippen LogP contribution is 2.35. The van der Waals surface area contributed by atoms with Crippen LogP contribution in [0.3, 0.4) is 0 Å². The average Bonchev–Trinajstić information content (AvgIpc) is 3.22. The Hall–Kier alpha value is -3.92. The molecular weight excluding hydrogens is 488 g/mol. The van der Waals surface area contributed by atoms with Gasteiger partial charge in [0.1, 0.15) is 17.1 Å². The standard InChI is InChI=1S/C25H25ClN4O6/c1-30(2)24(33)14-5-3-13(4-6-14)22(31)29-20-17-11-15(25(34)35)7-9-18(17)36-21(20)23(32)28-19-10-8-16(26)12-27-19/h7-14H,3-6H2,1-2H3,(H,29,31)(H,34,35)(H,27,28,32)/t13-,14-. The van der Waals surface area contributed by atoms with Crippen LogP contribution in [-0.4, -0.2) is 52.8 Å². The first-order valence-electron chi connectivity index (χ1n) is 11.4. The number of aromatic nitrogens is 1. The molecule has 1 aliphatic carbocycles. The first-order valence-corrected chi connectivity index (χ1v) is 11.8. The Labute approximate surface area is 211 Å². The lowest BCUT2D eigenvalue weighted by Gasteiger charge is -2.28. The molecule has 3 aromatic rings. The lowest BCUT2D eigenvalue weighted by molar-refractivity contribution is -0.135. The number of amides is 3. The van der Waals surface area contributed by atoms with Crippen LogP contribution in [0.25, 0.3) is 11.0 Å². The molecule has 0 unspecified atom stereocenters. The number of rotatable bonds is 6. The molecule has 2 heterocycles. The molecule has 0 aliphatic heterocycles. The molecule has 36 heavy (non-hydrogen) atoms. The maximum absolute atomic E-state index is 13.2. The predicted molar refractivity (Wildman–Crippen MR) is 133 cm³/mol. The van der Waals surface area contributed by atoms with E-state index in [9.17, 15) is 24.3 Å². The van der Waals surface area contributed by atoms with Gasteiger partial charge in [-0.15, -0.1) is 0 Å². The van der Waals surface area contributed by atoms with Crippen molar-refractivity contribution in [2.24, 2.45) is 11.8 Å². The number of fused-ring (bicyclic) bond motifs is 1. The van der Waals surface area contributed by atoms with Gasteiger partial charge >= 0.3 is 5.97 Å². The number of nitrogens with zero attached hydrogens (tertiary/aromatic N) is 2. The highest BCUT2D eigenvalue weighted by Gasteiger charge is 2.32. The summed E-state index contributed by atoms with van der Waals surface area (Å²) >= 11 is 5.85. The highest BCUT2D eigenvalue weighted by atomic mass is 35.5. The van der Waals surface area contributed by atoms with Gasteiger partial charge in [0.15, 0.2) is 0 Å². The molecule has 3 N–H and O–H groups in total. The van der Waals surface area contributed by atoms with Crippen molar-refractivity contribution < 1.29 is 28.7 Å². The molecular formula is C25H25ClN4O6. The third kappa shape index (κ3) is 5.33. The number of aromatic carboxylic acids is 1. The van der Waals surface area contributed by atoms with Crippen molar-refractivity contribution in [2.75, 3.05) is 24.7 Å². The van der Waals surface area contributed by atoms with Crippen molar-refractivity contribution in [3.63, 3.8) is 0 Å². The molecule has 0 atom stereocenters. The molecule has 3 amide bonds. The first-order chi connectivity index (χ1) is 17.1. The molecule has 11 heteroatoms. The molecule has 188 valence electrons. The van der Waals surface area contributed by atoms with Gasteiger partial charge in [-0.05, 0) is 56.0 Å². The van der Waals surface area contributed by atoms with E-state index in [1.54, 1.807) is 25.1 Å². The van der Waals surface area contributed by atoms with Crippen molar-refractivity contribution in [3.8, 4) is 0 Å². The fraction of sp³-hybridized carbons (Fsp3) is 0.320. The Morgan fingerprint density at radius 2 is 1.72 bits per heavy atom. The van der Waals surface area contributed by atoms with Gasteiger partial charge in [0, 0.05) is 37.5 Å². The van der Waals surface area contributed by atoms with Crippen LogP contribution in [0.2, 0.25) is 5.02 Å². The normalized spacial score (nSPS) is 17.4. The van der Waals surface area contributed by atoms with E-state index in [0.29, 0.717) is 30.7 Å². The number of furan rings is 1. The smallest absolute Gasteiger partial charge is 0.335 e. The lowest BCUT2D eigenvalue weighted by Crippen LogP contribution is -2.35. The summed E-state index contributed by atoms with van der Waals surface area (Å²) in [6.45, 7) is 0. The van der Waals surface area contributed by atoms with Gasteiger partial charge in [-0.25, -0.2) is 9.78 Å². The minimum Gasteiger partial charge on any atom is -0.478 e. The third-order valence-corrected chi connectivity index (χ3v) is 6.47. The van der Waals surface area contributed by atoms with E-state index >= 15 is 0 Å². The Morgan fingerprint density at radius 3 is 2.33 bits per heavy atom. The van der Waals surface area contributed by atoms with E-state index < -0.39 is 11.9 Å². The van der Waals surface area contributed by atoms with Crippen LogP contribution in [0.1, 0.15) is 46.6 Å². The second-order valence-electron chi connectivity index (χ2n) is 8.91. The van der Waals surface area contributed by atoms with E-state index in [-0.39, 0.29) is 57.4 Å². The average molecular weight is 513 g/mol. The van der Waals surface area contributed by atoms with Crippen molar-refractivity contribution >= 4 is 57.8 Å². The second kappa shape index (κ2) is 10.4. The fourth-order valence-corrected chi connectivity index (χ4v) is 4.44. The summed E-state index contributed by atoms with van der Waals surface area (Å²) in [5.41, 5.74) is 0.300. The molecule has 2 aromatic heterocycles. The van der Waals surface area contributed by atoms with Gasteiger partial charge in [0.05, 0.1) is 10.6 Å². The van der Waals surface area contributed by atoms with E-state index in [2.05, 4.69) is 15.6 Å². The second-order valence-corrected chi connectivity index (χ2v) is 9.34.